The molecule has 0 fully saturated rings. The van der Waals surface area contributed by atoms with Crippen molar-refractivity contribution in [2.75, 3.05) is 42.7 Å². The van der Waals surface area contributed by atoms with E-state index < -0.39 is 17.6 Å². The molecule has 6 nitrogen and oxygen atoms in total. The third-order valence-electron chi connectivity index (χ3n) is 5.23. The fourth-order valence-corrected chi connectivity index (χ4v) is 5.65. The Balaban J connectivity index is 2.37. The van der Waals surface area contributed by atoms with Gasteiger partial charge in [-0.15, -0.1) is 0 Å². The topological polar surface area (TPSA) is 55.4 Å². The molecular formula is C24H26O6Si2. The number of hydrogen-bond donors (Lipinski definition) is 0. The number of hydrogen-bond acceptors (Lipinski definition) is 6. The highest BCUT2D eigenvalue weighted by atomic mass is 28.4. The summed E-state index contributed by atoms with van der Waals surface area (Å²) in [4.78, 5) is 0. The Morgan fingerprint density at radius 1 is 0.469 bits per heavy atom. The minimum absolute atomic E-state index is 0.860. The zero-order valence-corrected chi connectivity index (χ0v) is 21.1. The van der Waals surface area contributed by atoms with E-state index in [2.05, 4.69) is 22.9 Å². The van der Waals surface area contributed by atoms with Gasteiger partial charge in [0.05, 0.1) is 0 Å². The molecule has 0 atom stereocenters. The summed E-state index contributed by atoms with van der Waals surface area (Å²) >= 11 is 0. The minimum atomic E-state index is -3.08. The van der Waals surface area contributed by atoms with Crippen LogP contribution in [0.2, 0.25) is 0 Å². The number of fused-ring (bicyclic) bond motifs is 2. The van der Waals surface area contributed by atoms with Crippen LogP contribution in [0.25, 0.3) is 21.5 Å². The molecule has 0 saturated carbocycles. The lowest BCUT2D eigenvalue weighted by Crippen LogP contribution is -2.41. The number of rotatable bonds is 6. The van der Waals surface area contributed by atoms with Crippen LogP contribution in [0.5, 0.6) is 0 Å². The van der Waals surface area contributed by atoms with Crippen molar-refractivity contribution in [3.8, 4) is 22.9 Å². The summed E-state index contributed by atoms with van der Waals surface area (Å²) in [6, 6.07) is 16.0. The monoisotopic (exact) mass is 466 g/mol. The van der Waals surface area contributed by atoms with Crippen LogP contribution in [-0.4, -0.2) is 60.3 Å². The first-order valence-electron chi connectivity index (χ1n) is 9.83. The van der Waals surface area contributed by atoms with E-state index in [1.807, 2.05) is 48.5 Å². The van der Waals surface area contributed by atoms with Crippen LogP contribution in [0, 0.1) is 22.9 Å². The van der Waals surface area contributed by atoms with Gasteiger partial charge >= 0.3 is 17.6 Å². The minimum Gasteiger partial charge on any atom is -0.367 e. The Hall–Kier alpha value is -2.51. The second-order valence-electron chi connectivity index (χ2n) is 6.68. The molecule has 8 heteroatoms. The molecule has 166 valence electrons. The van der Waals surface area contributed by atoms with Crippen molar-refractivity contribution in [2.45, 2.75) is 0 Å². The predicted molar refractivity (Wildman–Crippen MR) is 129 cm³/mol. The molecule has 0 unspecified atom stereocenters. The van der Waals surface area contributed by atoms with Crippen molar-refractivity contribution in [1.29, 1.82) is 0 Å². The molecule has 0 spiro atoms. The van der Waals surface area contributed by atoms with Gasteiger partial charge in [-0.1, -0.05) is 60.4 Å². The van der Waals surface area contributed by atoms with Crippen molar-refractivity contribution >= 4 is 39.2 Å². The maximum absolute atomic E-state index is 5.48. The van der Waals surface area contributed by atoms with E-state index in [1.165, 1.54) is 0 Å². The highest BCUT2D eigenvalue weighted by Gasteiger charge is 2.37. The van der Waals surface area contributed by atoms with E-state index >= 15 is 0 Å². The lowest BCUT2D eigenvalue weighted by Gasteiger charge is -2.18. The third kappa shape index (κ3) is 4.50. The smallest absolute Gasteiger partial charge is 0.367 e. The van der Waals surface area contributed by atoms with E-state index in [4.69, 9.17) is 26.6 Å². The summed E-state index contributed by atoms with van der Waals surface area (Å²) in [5.74, 6) is 6.56. The molecule has 0 heterocycles. The third-order valence-corrected chi connectivity index (χ3v) is 9.31. The van der Waals surface area contributed by atoms with Crippen LogP contribution in [0.1, 0.15) is 11.1 Å². The molecule has 0 bridgehead atoms. The van der Waals surface area contributed by atoms with E-state index in [0.29, 0.717) is 0 Å². The molecule has 3 aromatic rings. The van der Waals surface area contributed by atoms with Crippen LogP contribution in [-0.2, 0) is 26.6 Å². The molecule has 0 aliphatic heterocycles. The van der Waals surface area contributed by atoms with Crippen LogP contribution < -0.4 is 0 Å². The first-order chi connectivity index (χ1) is 15.5. The van der Waals surface area contributed by atoms with Crippen molar-refractivity contribution in [3.05, 3.63) is 59.7 Å². The van der Waals surface area contributed by atoms with Gasteiger partial charge in [0.1, 0.15) is 0 Å². The SMILES string of the molecule is CO[Si](C#Cc1c2ccccc2c(C#C[Si](OC)(OC)OC)c2ccccc12)(OC)OC. The first kappa shape index (κ1) is 24.1. The van der Waals surface area contributed by atoms with Gasteiger partial charge in [-0.05, 0) is 32.6 Å². The van der Waals surface area contributed by atoms with Crippen LogP contribution in [0.4, 0.5) is 0 Å². The Morgan fingerprint density at radius 2 is 0.719 bits per heavy atom. The summed E-state index contributed by atoms with van der Waals surface area (Å²) in [7, 11) is 3.10. The fourth-order valence-electron chi connectivity index (χ4n) is 3.48. The lowest BCUT2D eigenvalue weighted by atomic mass is 9.92. The molecule has 0 saturated heterocycles. The molecule has 32 heavy (non-hydrogen) atoms. The maximum atomic E-state index is 5.48. The maximum Gasteiger partial charge on any atom is 0.591 e. The summed E-state index contributed by atoms with van der Waals surface area (Å²) in [5, 5.41) is 3.87. The van der Waals surface area contributed by atoms with E-state index in [0.717, 1.165) is 32.7 Å². The van der Waals surface area contributed by atoms with Gasteiger partial charge in [-0.3, -0.25) is 0 Å². The average molecular weight is 467 g/mol. The van der Waals surface area contributed by atoms with Gasteiger partial charge < -0.3 is 26.6 Å². The van der Waals surface area contributed by atoms with Gasteiger partial charge in [0.25, 0.3) is 0 Å². The fraction of sp³-hybridized carbons (Fsp3) is 0.250. The van der Waals surface area contributed by atoms with Crippen LogP contribution in [0.3, 0.4) is 0 Å². The van der Waals surface area contributed by atoms with E-state index in [1.54, 1.807) is 42.7 Å². The Kier molecular flexibility index (Phi) is 7.85. The molecule has 0 aliphatic rings. The Labute approximate surface area is 191 Å². The molecule has 0 N–H and O–H groups in total. The highest BCUT2D eigenvalue weighted by molar-refractivity contribution is 6.70. The van der Waals surface area contributed by atoms with Crippen molar-refractivity contribution < 1.29 is 26.6 Å². The van der Waals surface area contributed by atoms with Gasteiger partial charge in [0, 0.05) is 53.8 Å². The van der Waals surface area contributed by atoms with Gasteiger partial charge in [0.15, 0.2) is 0 Å². The molecular weight excluding hydrogens is 440 g/mol. The average Bonchev–Trinajstić information content (AvgIpc) is 2.86. The number of benzene rings is 3. The predicted octanol–water partition coefficient (Wildman–Crippen LogP) is 3.53. The lowest BCUT2D eigenvalue weighted by molar-refractivity contribution is 0.141. The van der Waals surface area contributed by atoms with Gasteiger partial charge in [-0.25, -0.2) is 0 Å². The largest absolute Gasteiger partial charge is 0.591 e. The Morgan fingerprint density at radius 3 is 0.938 bits per heavy atom. The quantitative estimate of drug-likeness (QED) is 0.315. The second-order valence-corrected chi connectivity index (χ2v) is 11.9. The van der Waals surface area contributed by atoms with Gasteiger partial charge in [-0.2, -0.15) is 0 Å². The summed E-state index contributed by atoms with van der Waals surface area (Å²) in [6.07, 6.45) is 0. The normalized spacial score (nSPS) is 11.7. The zero-order chi connectivity index (χ0) is 23.2. The first-order valence-corrected chi connectivity index (χ1v) is 13.3. The summed E-state index contributed by atoms with van der Waals surface area (Å²) < 4.78 is 32.9. The molecule has 0 aromatic heterocycles. The van der Waals surface area contributed by atoms with Crippen molar-refractivity contribution in [2.24, 2.45) is 0 Å². The van der Waals surface area contributed by atoms with Crippen molar-refractivity contribution in [3.63, 3.8) is 0 Å². The van der Waals surface area contributed by atoms with Crippen LogP contribution >= 0.6 is 0 Å². The summed E-state index contributed by atoms with van der Waals surface area (Å²) in [6.45, 7) is 0. The van der Waals surface area contributed by atoms with E-state index in [-0.39, 0.29) is 0 Å². The molecule has 0 amide bonds. The molecule has 0 aliphatic carbocycles. The molecule has 3 aromatic carbocycles. The molecule has 0 radical (unpaired) electrons. The second kappa shape index (κ2) is 10.4. The summed E-state index contributed by atoms with van der Waals surface area (Å²) in [5.41, 5.74) is 7.96. The van der Waals surface area contributed by atoms with E-state index in [9.17, 15) is 0 Å². The molecule has 3 rings (SSSR count). The van der Waals surface area contributed by atoms with Gasteiger partial charge in [0.2, 0.25) is 0 Å². The highest BCUT2D eigenvalue weighted by Crippen LogP contribution is 2.32. The van der Waals surface area contributed by atoms with Crippen molar-refractivity contribution in [1.82, 2.24) is 0 Å². The standard InChI is InChI=1S/C24H26O6Si2/c1-25-31(26-2,27-3)17-15-23-19-11-7-9-13-21(19)24(22-14-10-8-12-20(22)23)16-18-32(28-4,29-5)30-6/h7-14H,1-6H3. The van der Waals surface area contributed by atoms with Crippen LogP contribution in [0.15, 0.2) is 48.5 Å². The Bertz CT molecular complexity index is 1060. The zero-order valence-electron chi connectivity index (χ0n) is 19.1.